The molecule has 559 valence electrons. The van der Waals surface area contributed by atoms with E-state index in [1.54, 1.807) is 116 Å². The third kappa shape index (κ3) is 25.0. The zero-order valence-corrected chi connectivity index (χ0v) is 67.5. The first-order chi connectivity index (χ1) is 49.9. The number of aliphatic hydroxyl groups is 6. The van der Waals surface area contributed by atoms with Crippen molar-refractivity contribution in [3.05, 3.63) is 133 Å². The van der Waals surface area contributed by atoms with Gasteiger partial charge in [-0.05, 0) is 141 Å². The van der Waals surface area contributed by atoms with Gasteiger partial charge >= 0.3 is 41.5 Å². The Balaban J connectivity index is 0.000000288. The van der Waals surface area contributed by atoms with Crippen LogP contribution in [0.15, 0.2) is 77.3 Å². The van der Waals surface area contributed by atoms with Gasteiger partial charge in [0.05, 0.1) is 41.9 Å². The van der Waals surface area contributed by atoms with E-state index in [0.29, 0.717) is 104 Å². The molecule has 26 nitrogen and oxygen atoms in total. The number of nitrogens with zero attached hydrogens (tertiary/aromatic N) is 4. The van der Waals surface area contributed by atoms with Gasteiger partial charge in [0.1, 0.15) is 72.7 Å². The number of aromatic nitrogens is 4. The number of ketones is 3. The molecule has 0 saturated carbocycles. The van der Waals surface area contributed by atoms with Gasteiger partial charge in [0.25, 0.3) is 11.8 Å². The number of Topliss-reactive ketones (excluding diaryl/α,β-unsaturated/α-hetero) is 3. The number of amides is 2. The molecule has 4 aromatic heterocycles. The first-order valence-electron chi connectivity index (χ1n) is 31.7. The molecule has 1 atom stereocenters. The summed E-state index contributed by atoms with van der Waals surface area (Å²) in [5, 5.41) is 55.5. The van der Waals surface area contributed by atoms with Gasteiger partial charge in [-0.25, -0.2) is 29.5 Å². The second-order valence-corrected chi connectivity index (χ2v) is 29.7. The Morgan fingerprint density at radius 2 is 0.843 bits per heavy atom. The minimum absolute atomic E-state index is 0. The Hall–Kier alpha value is -9.01. The molecule has 10 N–H and O–H groups in total. The van der Waals surface area contributed by atoms with Crippen molar-refractivity contribution in [3.8, 4) is 116 Å². The van der Waals surface area contributed by atoms with Gasteiger partial charge in [-0.1, -0.05) is 57.4 Å². The van der Waals surface area contributed by atoms with Crippen LogP contribution in [0.4, 0.5) is 0 Å². The van der Waals surface area contributed by atoms with Crippen LogP contribution in [-0.4, -0.2) is 183 Å². The molecule has 2 amide bonds. The van der Waals surface area contributed by atoms with Crippen LogP contribution in [0.3, 0.4) is 0 Å². The molecule has 8 aromatic rings. The molecule has 108 heavy (non-hydrogen) atoms. The van der Waals surface area contributed by atoms with E-state index < -0.39 is 52.3 Å². The Morgan fingerprint density at radius 1 is 0.528 bits per heavy atom. The summed E-state index contributed by atoms with van der Waals surface area (Å²) in [6, 6.07) is 20.9. The summed E-state index contributed by atoms with van der Waals surface area (Å²) in [5.74, 6) is 17.9. The number of primary amides is 2. The molecular formula is C75H74BBrN6NaO20S4. The molecule has 5 aliphatic rings. The summed E-state index contributed by atoms with van der Waals surface area (Å²) in [6.45, 7) is 14.4. The molecule has 9 heterocycles. The number of carbonyl (C=O) groups excluding carboxylic acids is 7. The fourth-order valence-corrected chi connectivity index (χ4v) is 13.0. The fourth-order valence-electron chi connectivity index (χ4n) is 9.01. The number of rotatable bonds is 4. The molecular weight excluding hydrogens is 1550 g/mol. The molecule has 0 spiro atoms. The van der Waals surface area contributed by atoms with E-state index in [4.69, 9.17) is 51.8 Å². The number of thiazole rings is 4. The van der Waals surface area contributed by atoms with Crippen LogP contribution >= 0.6 is 61.3 Å². The second kappa shape index (κ2) is 39.4. The van der Waals surface area contributed by atoms with E-state index in [1.807, 2.05) is 12.1 Å². The predicted octanol–water partition coefficient (Wildman–Crippen LogP) is 5.82. The molecule has 13 rings (SSSR count). The Kier molecular flexibility index (Phi) is 32.7. The van der Waals surface area contributed by atoms with Crippen molar-refractivity contribution >= 4 is 111 Å². The van der Waals surface area contributed by atoms with Gasteiger partial charge in [-0.3, -0.25) is 24.0 Å². The van der Waals surface area contributed by atoms with Crippen molar-refractivity contribution in [2.75, 3.05) is 61.0 Å². The van der Waals surface area contributed by atoms with Crippen LogP contribution in [0.25, 0.3) is 45.0 Å². The number of esters is 2. The molecule has 1 saturated heterocycles. The summed E-state index contributed by atoms with van der Waals surface area (Å²) in [7, 11) is 3.54. The van der Waals surface area contributed by atoms with Crippen LogP contribution < -0.4 is 60.0 Å². The van der Waals surface area contributed by atoms with Gasteiger partial charge < -0.3 is 76.7 Å². The van der Waals surface area contributed by atoms with Gasteiger partial charge in [0.2, 0.25) is 27.4 Å². The molecule has 1 unspecified atom stereocenters. The SMILES string of the molecule is C#CC(C)(C)O.C1CCOC1.CC(C)(O)C#Cc1ccc2c(c1)-c1nc(C(N)=O)sc1C(=O)CO2.CC(C)(O)C#Cc1ccc2c(c1)-c1nc(C(N)=O)sc1C(O)CO2.CO.COC(=O)c1nc2c(s1)C(=O)COc1ccc(Br)cc1-2.COC(=O)c1nc2c(s1)C(=O)COc1ccc(C#CC(C)(C)O)cc1-2.[B].[H-].[Na+]. The predicted molar refractivity (Wildman–Crippen MR) is 407 cm³/mol. The number of hydrogen-bond donors (Lipinski definition) is 8. The van der Waals surface area contributed by atoms with Crippen molar-refractivity contribution in [1.29, 1.82) is 0 Å². The van der Waals surface area contributed by atoms with Crippen LogP contribution in [0, 0.1) is 47.9 Å². The molecule has 1 fully saturated rings. The van der Waals surface area contributed by atoms with Gasteiger partial charge in [-0.2, -0.15) is 0 Å². The number of terminal acetylenes is 1. The summed E-state index contributed by atoms with van der Waals surface area (Å²) in [5.41, 5.74) is 12.4. The minimum Gasteiger partial charge on any atom is -1.00 e. The average Bonchev–Trinajstić information content (AvgIpc) is 1.66. The third-order valence-corrected chi connectivity index (χ3v) is 18.8. The number of halogens is 1. The number of ether oxygens (including phenoxy) is 7. The minimum atomic E-state index is -1.12. The topological polar surface area (TPSA) is 409 Å². The molecule has 5 aliphatic heterocycles. The molecule has 0 aliphatic carbocycles. The number of fused-ring (bicyclic) bond motifs is 12. The van der Waals surface area contributed by atoms with Crippen molar-refractivity contribution in [2.24, 2.45) is 11.5 Å². The van der Waals surface area contributed by atoms with E-state index in [9.17, 15) is 54.0 Å². The molecule has 4 aromatic carbocycles. The zero-order chi connectivity index (χ0) is 78.2. The average molecular weight is 1620 g/mol. The largest absolute Gasteiger partial charge is 1.00 e. The standard InChI is InChI=1S/C18H15NO5S.C17H16N2O4S.C17H14N2O4S.C13H8BrNO4S.C5H8O.C4H8O.CH4O.B.Na.H/c1-18(2,22)7-6-10-4-5-13-11(8-10)14-15(12(20)9-24-13)25-16(19-14)17(21)23-3;2*1-17(2,22)6-5-9-3-4-12-10(7-9)13-14(11(20)8-23-12)24-16(19-13)15(18)21;1-18-13(17)12-15-10-7-4-6(14)2-3-9(7)19-5-8(16)11(10)20-12;1-4-5(2,3)6;1-2-4-5-3-1;1-2;;;/h4-5,8,22H,9H2,1-3H3;3-4,7,11,20,22H,8H2,1-2H3,(H2,18,21);3-4,7,22H,8H2,1-2H3,(H2,18,21);2-4H,5H2,1H3;1,6H,2-3H3;1-4H2;2H,1H3;;;/q;;;;;;;;+1;-1. The van der Waals surface area contributed by atoms with Gasteiger partial charge in [0.15, 0.2) is 29.8 Å². The molecule has 0 bridgehead atoms. The van der Waals surface area contributed by atoms with Crippen molar-refractivity contribution in [1.82, 2.24) is 19.9 Å². The maximum atomic E-state index is 12.3. The monoisotopic (exact) mass is 1620 g/mol. The normalized spacial score (nSPS) is 13.6. The van der Waals surface area contributed by atoms with Gasteiger partial charge in [0, 0.05) is 72.2 Å². The smallest absolute Gasteiger partial charge is 1.00 e. The summed E-state index contributed by atoms with van der Waals surface area (Å²) < 4.78 is 37.2. The number of aliphatic hydroxyl groups excluding tert-OH is 2. The first kappa shape index (κ1) is 89.6. The van der Waals surface area contributed by atoms with Crippen LogP contribution in [0.2, 0.25) is 0 Å². The molecule has 3 radical (unpaired) electrons. The Morgan fingerprint density at radius 3 is 1.18 bits per heavy atom. The van der Waals surface area contributed by atoms with E-state index in [0.717, 1.165) is 70.1 Å². The van der Waals surface area contributed by atoms with Crippen molar-refractivity contribution in [2.45, 2.75) is 96.7 Å². The number of carbonyl (C=O) groups is 7. The number of nitrogens with two attached hydrogens (primary N) is 2. The maximum Gasteiger partial charge on any atom is 1.00 e. The van der Waals surface area contributed by atoms with Crippen LogP contribution in [0.1, 0.15) is 166 Å². The quantitative estimate of drug-likeness (QED) is 0.0584. The van der Waals surface area contributed by atoms with Crippen LogP contribution in [-0.2, 0) is 14.2 Å². The number of hydrogen-bond acceptors (Lipinski definition) is 28. The van der Waals surface area contributed by atoms with Gasteiger partial charge in [-0.15, -0.1) is 51.8 Å². The van der Waals surface area contributed by atoms with Crippen LogP contribution in [0.5, 0.6) is 23.0 Å². The summed E-state index contributed by atoms with van der Waals surface area (Å²) >= 11 is 7.41. The Labute approximate surface area is 672 Å². The molecule has 33 heteroatoms. The maximum absolute atomic E-state index is 12.3. The van der Waals surface area contributed by atoms with E-state index in [2.05, 4.69) is 86.8 Å². The first-order valence-corrected chi connectivity index (χ1v) is 35.8. The summed E-state index contributed by atoms with van der Waals surface area (Å²) in [4.78, 5) is 101. The third-order valence-electron chi connectivity index (χ3n) is 13.8. The fraction of sp³-hybridized carbons (Fsp3) is 0.320. The van der Waals surface area contributed by atoms with Crippen molar-refractivity contribution in [3.63, 3.8) is 0 Å². The van der Waals surface area contributed by atoms with E-state index >= 15 is 0 Å². The second-order valence-electron chi connectivity index (χ2n) is 24.7. The zero-order valence-electron chi connectivity index (χ0n) is 61.7. The van der Waals surface area contributed by atoms with Crippen molar-refractivity contribution < 1.29 is 128 Å². The van der Waals surface area contributed by atoms with E-state index in [1.165, 1.54) is 27.1 Å². The van der Waals surface area contributed by atoms with E-state index in [-0.39, 0.29) is 103 Å². The number of methoxy groups -OCH3 is 2. The summed E-state index contributed by atoms with van der Waals surface area (Å²) in [6.07, 6.45) is 6.48. The Bertz CT molecular complexity index is 4920. The number of benzene rings is 4.